The standard InChI is InChI=1S/C24H33N5O4S/c1-5-25-22(30)12-18-14-26-29(16-18)34(31,32)19-6-7-21-20(13-19)27-23(24(2,3)4)28(21)15-17-8-10-33-11-9-17/h6-7,13-14,16-17H,5,8-12,15H2,1-4H3,(H,25,30). The van der Waals surface area contributed by atoms with Crippen LogP contribution in [-0.4, -0.2) is 52.8 Å². The van der Waals surface area contributed by atoms with E-state index in [0.29, 0.717) is 23.5 Å². The third-order valence-electron chi connectivity index (χ3n) is 6.07. The van der Waals surface area contributed by atoms with Gasteiger partial charge in [0.05, 0.1) is 28.5 Å². The second kappa shape index (κ2) is 9.50. The van der Waals surface area contributed by atoms with Crippen LogP contribution in [0.1, 0.15) is 51.9 Å². The van der Waals surface area contributed by atoms with Crippen molar-refractivity contribution in [3.8, 4) is 0 Å². The van der Waals surface area contributed by atoms with Crippen molar-refractivity contribution >= 4 is 27.0 Å². The van der Waals surface area contributed by atoms with Gasteiger partial charge in [-0.3, -0.25) is 4.79 Å². The van der Waals surface area contributed by atoms with Gasteiger partial charge in [-0.2, -0.15) is 17.6 Å². The number of likely N-dealkylation sites (N-methyl/N-ethyl adjacent to an activating group) is 1. The zero-order valence-electron chi connectivity index (χ0n) is 20.2. The number of fused-ring (bicyclic) bond motifs is 1. The molecule has 2 aromatic heterocycles. The molecule has 0 spiro atoms. The average Bonchev–Trinajstić information content (AvgIpc) is 3.39. The molecule has 1 fully saturated rings. The van der Waals surface area contributed by atoms with Gasteiger partial charge in [-0.25, -0.2) is 4.98 Å². The van der Waals surface area contributed by atoms with E-state index in [9.17, 15) is 13.2 Å². The summed E-state index contributed by atoms with van der Waals surface area (Å²) in [7, 11) is -3.92. The molecule has 3 aromatic rings. The number of nitrogens with one attached hydrogen (secondary N) is 1. The lowest BCUT2D eigenvalue weighted by Gasteiger charge is -2.26. The van der Waals surface area contributed by atoms with E-state index in [0.717, 1.165) is 48.0 Å². The van der Waals surface area contributed by atoms with Crippen molar-refractivity contribution in [3.05, 3.63) is 42.0 Å². The minimum Gasteiger partial charge on any atom is -0.381 e. The number of imidazole rings is 1. The number of hydrogen-bond acceptors (Lipinski definition) is 6. The van der Waals surface area contributed by atoms with Crippen molar-refractivity contribution in [2.24, 2.45) is 5.92 Å². The van der Waals surface area contributed by atoms with Gasteiger partial charge in [0.25, 0.3) is 10.0 Å². The smallest absolute Gasteiger partial charge is 0.283 e. The molecule has 9 nitrogen and oxygen atoms in total. The molecule has 0 atom stereocenters. The zero-order chi connectivity index (χ0) is 24.5. The average molecular weight is 488 g/mol. The van der Waals surface area contributed by atoms with Crippen molar-refractivity contribution in [1.29, 1.82) is 0 Å². The molecule has 0 bridgehead atoms. The van der Waals surface area contributed by atoms with Crippen LogP contribution in [0.15, 0.2) is 35.5 Å². The number of rotatable bonds is 7. The minimum absolute atomic E-state index is 0.0773. The van der Waals surface area contributed by atoms with Crippen molar-refractivity contribution < 1.29 is 17.9 Å². The molecule has 3 heterocycles. The van der Waals surface area contributed by atoms with Gasteiger partial charge in [-0.1, -0.05) is 20.8 Å². The Balaban J connectivity index is 1.68. The second-order valence-electron chi connectivity index (χ2n) is 9.86. The van der Waals surface area contributed by atoms with E-state index in [1.807, 2.05) is 13.0 Å². The van der Waals surface area contributed by atoms with Gasteiger partial charge in [0, 0.05) is 43.5 Å². The van der Waals surface area contributed by atoms with Crippen LogP contribution in [0.25, 0.3) is 11.0 Å². The Morgan fingerprint density at radius 1 is 1.24 bits per heavy atom. The maximum atomic E-state index is 13.3. The summed E-state index contributed by atoms with van der Waals surface area (Å²) in [6.45, 7) is 11.1. The van der Waals surface area contributed by atoms with Crippen LogP contribution in [0.2, 0.25) is 0 Å². The molecule has 0 unspecified atom stereocenters. The summed E-state index contributed by atoms with van der Waals surface area (Å²) in [5, 5.41) is 6.71. The zero-order valence-corrected chi connectivity index (χ0v) is 21.1. The maximum absolute atomic E-state index is 13.3. The van der Waals surface area contributed by atoms with Crippen LogP contribution in [0.5, 0.6) is 0 Å². The monoisotopic (exact) mass is 487 g/mol. The van der Waals surface area contributed by atoms with Gasteiger partial charge >= 0.3 is 0 Å². The Bertz CT molecular complexity index is 1280. The molecule has 0 radical (unpaired) electrons. The first kappa shape index (κ1) is 24.4. The topological polar surface area (TPSA) is 108 Å². The highest BCUT2D eigenvalue weighted by Crippen LogP contribution is 2.30. The van der Waals surface area contributed by atoms with Crippen LogP contribution in [0.4, 0.5) is 0 Å². The molecule has 10 heteroatoms. The molecule has 1 saturated heterocycles. The lowest BCUT2D eigenvalue weighted by molar-refractivity contribution is -0.120. The molecule has 34 heavy (non-hydrogen) atoms. The molecule has 0 aliphatic carbocycles. The van der Waals surface area contributed by atoms with Crippen molar-refractivity contribution in [1.82, 2.24) is 24.1 Å². The fourth-order valence-electron chi connectivity index (χ4n) is 4.33. The quantitative estimate of drug-likeness (QED) is 0.549. The minimum atomic E-state index is -3.92. The van der Waals surface area contributed by atoms with Gasteiger partial charge < -0.3 is 14.6 Å². The second-order valence-corrected chi connectivity index (χ2v) is 11.7. The predicted molar refractivity (Wildman–Crippen MR) is 129 cm³/mol. The Morgan fingerprint density at radius 3 is 2.65 bits per heavy atom. The van der Waals surface area contributed by atoms with E-state index < -0.39 is 10.0 Å². The van der Waals surface area contributed by atoms with E-state index in [-0.39, 0.29) is 22.6 Å². The number of aromatic nitrogens is 4. The number of carbonyl (C=O) groups is 1. The molecular weight excluding hydrogens is 454 g/mol. The van der Waals surface area contributed by atoms with Gasteiger partial charge in [-0.15, -0.1) is 0 Å². The summed E-state index contributed by atoms with van der Waals surface area (Å²) in [5.74, 6) is 1.26. The van der Waals surface area contributed by atoms with E-state index in [1.54, 1.807) is 12.1 Å². The molecule has 0 saturated carbocycles. The van der Waals surface area contributed by atoms with Crippen LogP contribution < -0.4 is 5.32 Å². The molecule has 1 aromatic carbocycles. The van der Waals surface area contributed by atoms with Crippen LogP contribution >= 0.6 is 0 Å². The highest BCUT2D eigenvalue weighted by molar-refractivity contribution is 7.89. The van der Waals surface area contributed by atoms with Crippen LogP contribution in [0, 0.1) is 5.92 Å². The van der Waals surface area contributed by atoms with E-state index in [2.05, 4.69) is 35.8 Å². The SMILES string of the molecule is CCNC(=O)Cc1cnn(S(=O)(=O)c2ccc3c(c2)nc(C(C)(C)C)n3CC2CCOCC2)c1. The fourth-order valence-corrected chi connectivity index (χ4v) is 5.49. The van der Waals surface area contributed by atoms with Crippen LogP contribution in [-0.2, 0) is 37.9 Å². The normalized spacial score (nSPS) is 15.6. The van der Waals surface area contributed by atoms with Crippen molar-refractivity contribution in [2.45, 2.75) is 63.8 Å². The van der Waals surface area contributed by atoms with Gasteiger partial charge in [0.1, 0.15) is 5.82 Å². The highest BCUT2D eigenvalue weighted by Gasteiger charge is 2.27. The largest absolute Gasteiger partial charge is 0.381 e. The Labute approximate surface area is 200 Å². The summed E-state index contributed by atoms with van der Waals surface area (Å²) in [6.07, 6.45) is 4.89. The first-order valence-corrected chi connectivity index (χ1v) is 13.2. The Kier molecular flexibility index (Phi) is 6.82. The molecular formula is C24H33N5O4S. The maximum Gasteiger partial charge on any atom is 0.283 e. The molecule has 1 aliphatic heterocycles. The number of ether oxygens (including phenoxy) is 1. The summed E-state index contributed by atoms with van der Waals surface area (Å²) >= 11 is 0. The molecule has 4 rings (SSSR count). The fraction of sp³-hybridized carbons (Fsp3) is 0.542. The third-order valence-corrected chi connectivity index (χ3v) is 7.61. The summed E-state index contributed by atoms with van der Waals surface area (Å²) < 4.78 is 35.2. The number of amides is 1. The Morgan fingerprint density at radius 2 is 1.97 bits per heavy atom. The molecule has 1 amide bonds. The predicted octanol–water partition coefficient (Wildman–Crippen LogP) is 2.87. The number of benzene rings is 1. The van der Waals surface area contributed by atoms with Crippen molar-refractivity contribution in [2.75, 3.05) is 19.8 Å². The molecule has 184 valence electrons. The van der Waals surface area contributed by atoms with Gasteiger partial charge in [0.2, 0.25) is 5.91 Å². The van der Waals surface area contributed by atoms with E-state index in [4.69, 9.17) is 9.72 Å². The summed E-state index contributed by atoms with van der Waals surface area (Å²) in [4.78, 5) is 16.8. The number of nitrogens with zero attached hydrogens (tertiary/aromatic N) is 4. The lowest BCUT2D eigenvalue weighted by atomic mass is 9.94. The summed E-state index contributed by atoms with van der Waals surface area (Å²) in [6, 6.07) is 5.06. The number of carbonyl (C=O) groups excluding carboxylic acids is 1. The first-order valence-electron chi connectivity index (χ1n) is 11.7. The van der Waals surface area contributed by atoms with Crippen LogP contribution in [0.3, 0.4) is 0 Å². The van der Waals surface area contributed by atoms with E-state index in [1.165, 1.54) is 12.4 Å². The van der Waals surface area contributed by atoms with E-state index >= 15 is 0 Å². The molecule has 1 N–H and O–H groups in total. The lowest BCUT2D eigenvalue weighted by Crippen LogP contribution is -2.25. The number of hydrogen-bond donors (Lipinski definition) is 1. The third kappa shape index (κ3) is 5.02. The first-order chi connectivity index (χ1) is 16.1. The highest BCUT2D eigenvalue weighted by atomic mass is 32.2. The molecule has 1 aliphatic rings. The summed E-state index contributed by atoms with van der Waals surface area (Å²) in [5.41, 5.74) is 1.91. The van der Waals surface area contributed by atoms with Gasteiger partial charge in [-0.05, 0) is 43.9 Å². The van der Waals surface area contributed by atoms with Crippen molar-refractivity contribution in [3.63, 3.8) is 0 Å². The Hall–Kier alpha value is -2.72. The van der Waals surface area contributed by atoms with Gasteiger partial charge in [0.15, 0.2) is 0 Å².